The van der Waals surface area contributed by atoms with E-state index in [9.17, 15) is 30.2 Å². The lowest BCUT2D eigenvalue weighted by Gasteiger charge is -2.26. The van der Waals surface area contributed by atoms with Crippen molar-refractivity contribution in [3.8, 4) is 51.6 Å². The summed E-state index contributed by atoms with van der Waals surface area (Å²) >= 11 is 0. The first-order valence-corrected chi connectivity index (χ1v) is 50.7. The highest BCUT2D eigenvalue weighted by Crippen LogP contribution is 2.51. The number of hydrogen-bond acceptors (Lipinski definition) is 18. The number of Topliss-reactive ketones (excluding diaryl/α,β-unsaturated/α-hetero) is 3. The van der Waals surface area contributed by atoms with Gasteiger partial charge in [-0.2, -0.15) is 46.4 Å². The molecule has 29 rings (SSSR count). The molecule has 1 unspecified atom stereocenters. The van der Waals surface area contributed by atoms with Crippen molar-refractivity contribution in [2.45, 2.75) is 243 Å². The first kappa shape index (κ1) is 87.1. The summed E-state index contributed by atoms with van der Waals surface area (Å²) in [4.78, 5) is 66.4. The van der Waals surface area contributed by atoms with E-state index in [0.29, 0.717) is 73.1 Å². The molecule has 12 heterocycles. The molecule has 24 heteroatoms. The zero-order valence-electron chi connectivity index (χ0n) is 78.8. The molecule has 5 saturated carbocycles. The molecule has 5 fully saturated rings. The number of nitrogens with one attached hydrogen (secondary N) is 1. The summed E-state index contributed by atoms with van der Waals surface area (Å²) in [6.07, 6.45) is 68.8. The second-order valence-corrected chi connectivity index (χ2v) is 40.4. The Hall–Kier alpha value is -14.7. The number of nitrogens with zero attached hydrogens (tertiary/aromatic N) is 20. The van der Waals surface area contributed by atoms with E-state index in [0.717, 1.165) is 218 Å². The van der Waals surface area contributed by atoms with Gasteiger partial charge in [0.25, 0.3) is 0 Å². The summed E-state index contributed by atoms with van der Waals surface area (Å²) in [5.41, 5.74) is 23.4. The molecule has 0 amide bonds. The third-order valence-corrected chi connectivity index (χ3v) is 33.3. The fraction of sp³-hybridized carbons (Fsp3) is 0.374. The minimum absolute atomic E-state index is 0.00920. The average molecular weight is 1830 g/mol. The SMILES string of the molecule is C=c1c2c3c(nccc3c3cn([C@@H](CC#N)C4CCCC4)nc13)CC=2.C=c1c2c3c(nccc3c3cn([C@H](CC#N)C4CCCC4)nc13)CC=2.C=c1c2c3c(nccc3c3cn[nH]c13)CC=2.CCC(C1CCCC1)n1ncc2c1C(=O)C1=CCc3nccc-2c31.CC[C@H](C1CCCC1)n1ncc2c1C(=O)C1=CCc3nccc-2c31.N#CC[C@@H](C1CCCC1)n1ncc2c1C(=O)C1=CCc3nccc-2c31. The number of allylic oxidation sites excluding steroid dienone is 6. The molecular weight excluding hydrogens is 1720 g/mol. The van der Waals surface area contributed by atoms with Crippen LogP contribution < -0.4 is 31.3 Å². The van der Waals surface area contributed by atoms with Gasteiger partial charge < -0.3 is 0 Å². The minimum Gasteiger partial charge on any atom is -0.287 e. The highest BCUT2D eigenvalue weighted by molar-refractivity contribution is 6.36. The zero-order valence-corrected chi connectivity index (χ0v) is 78.8. The molecule has 14 aliphatic carbocycles. The summed E-state index contributed by atoms with van der Waals surface area (Å²) in [6, 6.07) is 20.4. The van der Waals surface area contributed by atoms with E-state index in [-0.39, 0.29) is 35.5 Å². The van der Waals surface area contributed by atoms with Crippen LogP contribution >= 0.6 is 0 Å². The van der Waals surface area contributed by atoms with E-state index in [4.69, 9.17) is 20.4 Å². The van der Waals surface area contributed by atoms with E-state index in [1.54, 1.807) is 6.20 Å². The molecule has 0 radical (unpaired) electrons. The van der Waals surface area contributed by atoms with Crippen LogP contribution in [-0.2, 0) is 38.5 Å². The van der Waals surface area contributed by atoms with Gasteiger partial charge in [-0.05, 0) is 192 Å². The molecule has 24 nitrogen and oxygen atoms in total. The van der Waals surface area contributed by atoms with Crippen molar-refractivity contribution >= 4 is 137 Å². The van der Waals surface area contributed by atoms with Crippen LogP contribution in [-0.4, -0.2) is 106 Å². The molecule has 3 aromatic carbocycles. The van der Waals surface area contributed by atoms with Crippen molar-refractivity contribution in [2.75, 3.05) is 0 Å². The Labute approximate surface area is 803 Å². The van der Waals surface area contributed by atoms with Crippen LogP contribution in [0.1, 0.15) is 287 Å². The maximum Gasteiger partial charge on any atom is 0.212 e. The van der Waals surface area contributed by atoms with Crippen LogP contribution in [0.15, 0.2) is 129 Å². The smallest absolute Gasteiger partial charge is 0.212 e. The number of carbonyl (C=O) groups is 3. The summed E-state index contributed by atoms with van der Waals surface area (Å²) in [7, 11) is 0. The lowest BCUT2D eigenvalue weighted by Crippen LogP contribution is -2.24. The van der Waals surface area contributed by atoms with Crippen LogP contribution in [0.2, 0.25) is 0 Å². The van der Waals surface area contributed by atoms with E-state index in [1.165, 1.54) is 164 Å². The third-order valence-electron chi connectivity index (χ3n) is 33.3. The van der Waals surface area contributed by atoms with Gasteiger partial charge in [0.05, 0.1) is 132 Å². The number of H-pyrrole nitrogens is 1. The lowest BCUT2D eigenvalue weighted by atomic mass is 9.86. The Morgan fingerprint density at radius 3 is 1.01 bits per heavy atom. The molecule has 139 heavy (non-hydrogen) atoms. The molecule has 14 aliphatic rings. The molecule has 0 spiro atoms. The Morgan fingerprint density at radius 1 is 0.360 bits per heavy atom. The number of hydrogen-bond donors (Lipinski definition) is 1. The summed E-state index contributed by atoms with van der Waals surface area (Å²) in [5.74, 6) is 3.17. The van der Waals surface area contributed by atoms with Crippen molar-refractivity contribution in [3.05, 3.63) is 228 Å². The highest BCUT2D eigenvalue weighted by Gasteiger charge is 2.44. The Balaban J connectivity index is 0.0000000910. The average Bonchev–Trinajstić information content (AvgIpc) is 1.58. The highest BCUT2D eigenvalue weighted by atomic mass is 16.1. The van der Waals surface area contributed by atoms with Crippen LogP contribution in [0.25, 0.3) is 153 Å². The molecule has 692 valence electrons. The summed E-state index contributed by atoms with van der Waals surface area (Å²) in [5, 5.41) is 76.4. The molecule has 0 aliphatic heterocycles. The first-order valence-electron chi connectivity index (χ1n) is 50.7. The van der Waals surface area contributed by atoms with E-state index >= 15 is 0 Å². The van der Waals surface area contributed by atoms with Crippen molar-refractivity contribution in [1.82, 2.24) is 89.0 Å². The fourth-order valence-corrected chi connectivity index (χ4v) is 26.7. The second kappa shape index (κ2) is 35.7. The largest absolute Gasteiger partial charge is 0.287 e. The number of nitriles is 3. The van der Waals surface area contributed by atoms with Gasteiger partial charge in [0.2, 0.25) is 17.3 Å². The quantitative estimate of drug-likeness (QED) is 0.0996. The number of aromatic amines is 1. The Kier molecular flexibility index (Phi) is 22.4. The minimum atomic E-state index is -0.00920. The number of pyridine rings is 6. The molecule has 5 atom stereocenters. The van der Waals surface area contributed by atoms with Gasteiger partial charge in [-0.25, -0.2) is 0 Å². The van der Waals surface area contributed by atoms with Crippen LogP contribution in [0, 0.1) is 63.6 Å². The van der Waals surface area contributed by atoms with Crippen molar-refractivity contribution in [3.63, 3.8) is 0 Å². The van der Waals surface area contributed by atoms with E-state index in [2.05, 4.69) is 165 Å². The van der Waals surface area contributed by atoms with Gasteiger partial charge >= 0.3 is 0 Å². The van der Waals surface area contributed by atoms with Crippen LogP contribution in [0.4, 0.5) is 0 Å². The normalized spacial score (nSPS) is 18.4. The molecular formula is C115H109N21O3. The maximum atomic E-state index is 13.2. The van der Waals surface area contributed by atoms with Crippen LogP contribution in [0.3, 0.4) is 0 Å². The number of fused-ring (bicyclic) bond motifs is 12. The standard InChI is InChI=1S/2C21H20N4.C20H18N4O.2C20H21N3O.C13H9N3/c2*1-13-15-6-7-18-20(15)16(9-11-23-18)17-12-25(24-21(13)17)19(8-10-22)14-4-2-3-5-14;21-9-7-17(12-3-1-2-4-12)24-19-15(11-23-24)13-8-10-22-16-6-5-14(18(13)16)20(19)25;2*1-2-17(12-5-3-4-6-12)23-19-15(11-22-23)13-9-10-21-16-8-7-14(18(13)16)20(19)24;1-7-8-2-3-11-12(8)9(4-5-14-11)10-6-15-16-13(7)10/h2*6,9,11-12,14,19H,1-5,7-8H2;5,8,10-12,17H,1-4,6-7H2;2*7,9-12,17H,2-6,8H2,1H3;2,4-6H,1,3H2,(H,15,16)/t2*19-;2*17-;;/m1001../s1. The lowest BCUT2D eigenvalue weighted by molar-refractivity contribution is 0.103. The van der Waals surface area contributed by atoms with Gasteiger partial charge in [-0.15, -0.1) is 0 Å². The van der Waals surface area contributed by atoms with Gasteiger partial charge in [0.1, 0.15) is 28.1 Å². The van der Waals surface area contributed by atoms with Crippen molar-refractivity contribution < 1.29 is 14.4 Å². The third kappa shape index (κ3) is 14.3. The first-order chi connectivity index (χ1) is 68.3. The zero-order chi connectivity index (χ0) is 94.1. The predicted molar refractivity (Wildman–Crippen MR) is 541 cm³/mol. The molecule has 12 aromatic heterocycles. The molecule has 15 aromatic rings. The molecule has 0 saturated heterocycles. The van der Waals surface area contributed by atoms with E-state index in [1.807, 2.05) is 96.9 Å². The number of rotatable bonds is 15. The number of aromatic nitrogens is 18. The van der Waals surface area contributed by atoms with Gasteiger partial charge in [-0.3, -0.25) is 72.8 Å². The monoisotopic (exact) mass is 1830 g/mol. The Morgan fingerprint density at radius 2 is 0.662 bits per heavy atom. The number of carbonyl (C=O) groups excluding carboxylic acids is 3. The van der Waals surface area contributed by atoms with Gasteiger partial charge in [-0.1, -0.05) is 134 Å². The maximum absolute atomic E-state index is 13.2. The van der Waals surface area contributed by atoms with Crippen molar-refractivity contribution in [1.29, 1.82) is 15.8 Å². The van der Waals surface area contributed by atoms with Gasteiger partial charge in [0.15, 0.2) is 0 Å². The number of ketones is 3. The topological polar surface area (TPSA) is 318 Å². The van der Waals surface area contributed by atoms with Gasteiger partial charge in [0, 0.05) is 186 Å². The molecule has 0 bridgehead atoms. The summed E-state index contributed by atoms with van der Waals surface area (Å²) < 4.78 is 10.1. The van der Waals surface area contributed by atoms with E-state index < -0.39 is 0 Å². The van der Waals surface area contributed by atoms with Crippen molar-refractivity contribution in [2.24, 2.45) is 29.6 Å². The summed E-state index contributed by atoms with van der Waals surface area (Å²) in [6.45, 7) is 17.2. The Bertz CT molecular complexity index is 7990. The fourth-order valence-electron chi connectivity index (χ4n) is 26.7. The molecule has 1 N–H and O–H groups in total. The number of benzene rings is 3. The van der Waals surface area contributed by atoms with Crippen LogP contribution in [0.5, 0.6) is 0 Å². The predicted octanol–water partition coefficient (Wildman–Crippen LogP) is 19.0. The second-order valence-electron chi connectivity index (χ2n) is 40.4.